The highest BCUT2D eigenvalue weighted by Gasteiger charge is 2.24. The van der Waals surface area contributed by atoms with Crippen LogP contribution in [0.25, 0.3) is 16.6 Å². The van der Waals surface area contributed by atoms with Crippen molar-refractivity contribution < 1.29 is 9.53 Å². The lowest BCUT2D eigenvalue weighted by atomic mass is 10.2. The minimum Gasteiger partial charge on any atom is -0.495 e. The van der Waals surface area contributed by atoms with Crippen molar-refractivity contribution in [2.45, 2.75) is 56.0 Å². The Morgan fingerprint density at radius 3 is 2.72 bits per heavy atom. The number of halogens is 1. The van der Waals surface area contributed by atoms with Crippen molar-refractivity contribution in [2.24, 2.45) is 0 Å². The molecule has 1 aromatic heterocycles. The molecule has 1 atom stereocenters. The Morgan fingerprint density at radius 2 is 2.00 bits per heavy atom. The molecule has 1 aliphatic carbocycles. The molecule has 1 N–H and O–H groups in total. The lowest BCUT2D eigenvalue weighted by Crippen LogP contribution is -2.38. The number of hydrogen-bond acceptors (Lipinski definition) is 5. The summed E-state index contributed by atoms with van der Waals surface area (Å²) < 4.78 is 7.07. The lowest BCUT2D eigenvalue weighted by molar-refractivity contribution is -0.120. The number of nitrogens with one attached hydrogen (secondary N) is 1. The second-order valence-electron chi connectivity index (χ2n) is 8.12. The van der Waals surface area contributed by atoms with Gasteiger partial charge in [-0.05, 0) is 62.6 Å². The summed E-state index contributed by atoms with van der Waals surface area (Å²) in [6.07, 6.45) is 4.32. The number of hydrogen-bond donors (Lipinski definition) is 1. The maximum Gasteiger partial charge on any atom is 0.266 e. The molecule has 2 aromatic carbocycles. The number of carbonyl (C=O) groups excluding carboxylic acids is 1. The average molecular weight is 472 g/mol. The molecule has 4 rings (SSSR count). The van der Waals surface area contributed by atoms with Gasteiger partial charge < -0.3 is 10.1 Å². The first-order valence-electron chi connectivity index (χ1n) is 10.7. The standard InChI is InChI=1S/C24H26ClN3O3S/c1-14-8-11-21(31-3)20(12-14)28-23(30)18-10-9-16(25)13-19(18)27-24(28)32-15(2)22(29)26-17-6-4-5-7-17/h8-13,15,17H,4-7H2,1-3H3,(H,26,29). The normalized spacial score (nSPS) is 15.1. The topological polar surface area (TPSA) is 73.2 Å². The fraction of sp³-hybridized carbons (Fsp3) is 0.375. The van der Waals surface area contributed by atoms with E-state index in [1.807, 2.05) is 32.0 Å². The van der Waals surface area contributed by atoms with E-state index in [-0.39, 0.29) is 17.5 Å². The van der Waals surface area contributed by atoms with E-state index in [1.165, 1.54) is 16.3 Å². The summed E-state index contributed by atoms with van der Waals surface area (Å²) in [4.78, 5) is 31.2. The second-order valence-corrected chi connectivity index (χ2v) is 9.87. The maximum absolute atomic E-state index is 13.6. The number of nitrogens with zero attached hydrogens (tertiary/aromatic N) is 2. The Bertz CT molecular complexity index is 1220. The van der Waals surface area contributed by atoms with Gasteiger partial charge in [0.1, 0.15) is 5.75 Å². The molecule has 0 radical (unpaired) electrons. The third kappa shape index (κ3) is 4.64. The van der Waals surface area contributed by atoms with E-state index in [0.717, 1.165) is 31.2 Å². The molecule has 32 heavy (non-hydrogen) atoms. The fourth-order valence-electron chi connectivity index (χ4n) is 4.01. The summed E-state index contributed by atoms with van der Waals surface area (Å²) >= 11 is 7.42. The van der Waals surface area contributed by atoms with Crippen LogP contribution in [0.3, 0.4) is 0 Å². The van der Waals surface area contributed by atoms with Gasteiger partial charge in [-0.1, -0.05) is 42.3 Å². The lowest BCUT2D eigenvalue weighted by Gasteiger charge is -2.19. The number of aromatic nitrogens is 2. The quantitative estimate of drug-likeness (QED) is 0.409. The van der Waals surface area contributed by atoms with Gasteiger partial charge in [-0.2, -0.15) is 0 Å². The van der Waals surface area contributed by atoms with Crippen LogP contribution in [0.4, 0.5) is 0 Å². The van der Waals surface area contributed by atoms with Gasteiger partial charge in [-0.3, -0.25) is 14.2 Å². The molecule has 1 unspecified atom stereocenters. The first-order chi connectivity index (χ1) is 15.4. The minimum atomic E-state index is -0.429. The van der Waals surface area contributed by atoms with Gasteiger partial charge in [-0.15, -0.1) is 0 Å². The molecule has 1 aliphatic rings. The molecule has 0 aliphatic heterocycles. The number of rotatable bonds is 6. The molecule has 1 fully saturated rings. The highest BCUT2D eigenvalue weighted by molar-refractivity contribution is 8.00. The molecular formula is C24H26ClN3O3S. The van der Waals surface area contributed by atoms with E-state index in [2.05, 4.69) is 5.32 Å². The molecule has 3 aromatic rings. The highest BCUT2D eigenvalue weighted by atomic mass is 35.5. The van der Waals surface area contributed by atoms with Crippen molar-refractivity contribution in [2.75, 3.05) is 7.11 Å². The average Bonchev–Trinajstić information content (AvgIpc) is 3.26. The van der Waals surface area contributed by atoms with Crippen LogP contribution in [-0.4, -0.2) is 33.9 Å². The van der Waals surface area contributed by atoms with Crippen molar-refractivity contribution in [3.05, 3.63) is 57.3 Å². The summed E-state index contributed by atoms with van der Waals surface area (Å²) in [5.41, 5.74) is 1.83. The molecule has 6 nitrogen and oxygen atoms in total. The van der Waals surface area contributed by atoms with E-state index in [4.69, 9.17) is 21.3 Å². The Balaban J connectivity index is 1.81. The summed E-state index contributed by atoms with van der Waals surface area (Å²) in [5.74, 6) is 0.503. The number of ether oxygens (including phenoxy) is 1. The molecule has 0 spiro atoms. The largest absolute Gasteiger partial charge is 0.495 e. The van der Waals surface area contributed by atoms with Crippen LogP contribution in [0.15, 0.2) is 46.3 Å². The number of thioether (sulfide) groups is 1. The van der Waals surface area contributed by atoms with E-state index in [9.17, 15) is 9.59 Å². The number of methoxy groups -OCH3 is 1. The third-order valence-electron chi connectivity index (χ3n) is 5.73. The summed E-state index contributed by atoms with van der Waals surface area (Å²) in [5, 5.41) is 4.07. The van der Waals surface area contributed by atoms with Crippen molar-refractivity contribution in [1.29, 1.82) is 0 Å². The predicted molar refractivity (Wildman–Crippen MR) is 129 cm³/mol. The van der Waals surface area contributed by atoms with Crippen molar-refractivity contribution in [3.8, 4) is 11.4 Å². The summed E-state index contributed by atoms with van der Waals surface area (Å²) in [6, 6.07) is 10.9. The van der Waals surface area contributed by atoms with Crippen LogP contribution in [0, 0.1) is 6.92 Å². The third-order valence-corrected chi connectivity index (χ3v) is 7.02. The van der Waals surface area contributed by atoms with Crippen molar-refractivity contribution in [1.82, 2.24) is 14.9 Å². The van der Waals surface area contributed by atoms with Gasteiger partial charge in [0, 0.05) is 11.1 Å². The van der Waals surface area contributed by atoms with E-state index in [1.54, 1.807) is 25.3 Å². The Kier molecular flexibility index (Phi) is 6.76. The zero-order valence-electron chi connectivity index (χ0n) is 18.4. The van der Waals surface area contributed by atoms with Crippen molar-refractivity contribution >= 4 is 40.2 Å². The first kappa shape index (κ1) is 22.7. The van der Waals surface area contributed by atoms with E-state index in [0.29, 0.717) is 32.5 Å². The molecule has 1 amide bonds. The van der Waals surface area contributed by atoms with Gasteiger partial charge in [-0.25, -0.2) is 4.98 Å². The monoisotopic (exact) mass is 471 g/mol. The van der Waals surface area contributed by atoms with Crippen LogP contribution < -0.4 is 15.6 Å². The molecule has 0 bridgehead atoms. The highest BCUT2D eigenvalue weighted by Crippen LogP contribution is 2.31. The second kappa shape index (κ2) is 9.55. The fourth-order valence-corrected chi connectivity index (χ4v) is 5.10. The van der Waals surface area contributed by atoms with Crippen LogP contribution in [0.1, 0.15) is 38.2 Å². The molecular weight excluding hydrogens is 446 g/mol. The van der Waals surface area contributed by atoms with Gasteiger partial charge in [0.2, 0.25) is 5.91 Å². The molecule has 1 heterocycles. The number of aryl methyl sites for hydroxylation is 1. The first-order valence-corrected chi connectivity index (χ1v) is 12.0. The Hall–Kier alpha value is -2.51. The van der Waals surface area contributed by atoms with Gasteiger partial charge in [0.15, 0.2) is 5.16 Å². The number of amides is 1. The molecule has 8 heteroatoms. The molecule has 168 valence electrons. The zero-order valence-corrected chi connectivity index (χ0v) is 19.9. The SMILES string of the molecule is COc1ccc(C)cc1-n1c(SC(C)C(=O)NC2CCCC2)nc2cc(Cl)ccc2c1=O. The summed E-state index contributed by atoms with van der Waals surface area (Å²) in [7, 11) is 1.57. The van der Waals surface area contributed by atoms with Gasteiger partial charge >= 0.3 is 0 Å². The zero-order chi connectivity index (χ0) is 22.8. The Morgan fingerprint density at radius 1 is 1.25 bits per heavy atom. The maximum atomic E-state index is 13.6. The smallest absolute Gasteiger partial charge is 0.266 e. The van der Waals surface area contributed by atoms with Crippen LogP contribution in [-0.2, 0) is 4.79 Å². The Labute approximate surface area is 196 Å². The molecule has 1 saturated carbocycles. The number of carbonyl (C=O) groups is 1. The van der Waals surface area contributed by atoms with E-state index >= 15 is 0 Å². The van der Waals surface area contributed by atoms with Gasteiger partial charge in [0.05, 0.1) is 29.0 Å². The number of fused-ring (bicyclic) bond motifs is 1. The van der Waals surface area contributed by atoms with Gasteiger partial charge in [0.25, 0.3) is 5.56 Å². The minimum absolute atomic E-state index is 0.0508. The van der Waals surface area contributed by atoms with Crippen LogP contribution in [0.5, 0.6) is 5.75 Å². The van der Waals surface area contributed by atoms with E-state index < -0.39 is 5.25 Å². The van der Waals surface area contributed by atoms with Crippen LogP contribution in [0.2, 0.25) is 5.02 Å². The van der Waals surface area contributed by atoms with Crippen molar-refractivity contribution in [3.63, 3.8) is 0 Å². The summed E-state index contributed by atoms with van der Waals surface area (Å²) in [6.45, 7) is 3.79. The number of benzene rings is 2. The molecule has 0 saturated heterocycles. The predicted octanol–water partition coefficient (Wildman–Crippen LogP) is 4.90. The van der Waals surface area contributed by atoms with Crippen LogP contribution >= 0.6 is 23.4 Å².